The molecule has 0 fully saturated rings. The second kappa shape index (κ2) is 8.64. The van der Waals surface area contributed by atoms with Crippen LogP contribution in [0.4, 0.5) is 0 Å². The molecule has 1 N–H and O–H groups in total. The monoisotopic (exact) mass is 423 g/mol. The first-order valence-corrected chi connectivity index (χ1v) is 10.9. The highest BCUT2D eigenvalue weighted by Crippen LogP contribution is 2.23. The molecule has 152 valence electrons. The van der Waals surface area contributed by atoms with E-state index in [1.807, 2.05) is 12.1 Å². The lowest BCUT2D eigenvalue weighted by molar-refractivity contribution is -0.158. The maximum absolute atomic E-state index is 12.8. The molecule has 0 spiro atoms. The number of carbonyl (C=O) groups excluding carboxylic acids is 1. The molecule has 0 aliphatic heterocycles. The van der Waals surface area contributed by atoms with E-state index in [2.05, 4.69) is 4.72 Å². The van der Waals surface area contributed by atoms with Crippen LogP contribution in [0.25, 0.3) is 11.1 Å². The van der Waals surface area contributed by atoms with Crippen LogP contribution in [-0.4, -0.2) is 26.0 Å². The molecule has 0 saturated carbocycles. The Kier molecular flexibility index (Phi) is 6.91. The summed E-state index contributed by atoms with van der Waals surface area (Å²) < 4.78 is 33.4. The first-order chi connectivity index (χ1) is 12.9. The van der Waals surface area contributed by atoms with Crippen LogP contribution in [0.1, 0.15) is 34.6 Å². The molecule has 7 heteroatoms. The molecule has 0 aromatic heterocycles. The Morgan fingerprint density at radius 2 is 1.43 bits per heavy atom. The maximum atomic E-state index is 12.8. The highest BCUT2D eigenvalue weighted by molar-refractivity contribution is 7.89. The third-order valence-corrected chi connectivity index (χ3v) is 5.66. The quantitative estimate of drug-likeness (QED) is 0.686. The third kappa shape index (κ3) is 6.06. The van der Waals surface area contributed by atoms with E-state index in [1.54, 1.807) is 58.9 Å². The molecule has 0 aliphatic rings. The van der Waals surface area contributed by atoms with Gasteiger partial charge >= 0.3 is 5.97 Å². The van der Waals surface area contributed by atoms with E-state index in [9.17, 15) is 13.2 Å². The molecule has 0 aliphatic carbocycles. The van der Waals surface area contributed by atoms with Gasteiger partial charge in [-0.25, -0.2) is 8.42 Å². The van der Waals surface area contributed by atoms with Crippen molar-refractivity contribution in [2.75, 3.05) is 0 Å². The lowest BCUT2D eigenvalue weighted by Gasteiger charge is -2.26. The van der Waals surface area contributed by atoms with Gasteiger partial charge in [-0.2, -0.15) is 4.72 Å². The van der Waals surface area contributed by atoms with Crippen LogP contribution in [0.5, 0.6) is 0 Å². The van der Waals surface area contributed by atoms with Crippen molar-refractivity contribution in [1.29, 1.82) is 0 Å². The fourth-order valence-corrected chi connectivity index (χ4v) is 3.98. The second-order valence-electron chi connectivity index (χ2n) is 7.91. The van der Waals surface area contributed by atoms with Crippen molar-refractivity contribution in [2.24, 2.45) is 5.92 Å². The Hall–Kier alpha value is -1.89. The second-order valence-corrected chi connectivity index (χ2v) is 10.1. The molecule has 1 atom stereocenters. The summed E-state index contributed by atoms with van der Waals surface area (Å²) in [5, 5.41) is 0.633. The minimum absolute atomic E-state index is 0.0828. The highest BCUT2D eigenvalue weighted by atomic mass is 35.5. The summed E-state index contributed by atoms with van der Waals surface area (Å²) in [6.45, 7) is 8.76. The van der Waals surface area contributed by atoms with Gasteiger partial charge in [-0.3, -0.25) is 4.79 Å². The summed E-state index contributed by atoms with van der Waals surface area (Å²) >= 11 is 5.90. The zero-order chi connectivity index (χ0) is 21.1. The molecule has 2 aromatic rings. The lowest BCUT2D eigenvalue weighted by Crippen LogP contribution is -2.47. The van der Waals surface area contributed by atoms with Crippen molar-refractivity contribution < 1.29 is 17.9 Å². The zero-order valence-corrected chi connectivity index (χ0v) is 18.3. The normalized spacial score (nSPS) is 13.4. The summed E-state index contributed by atoms with van der Waals surface area (Å²) in [7, 11) is -3.88. The van der Waals surface area contributed by atoms with Crippen molar-refractivity contribution in [3.8, 4) is 11.1 Å². The lowest BCUT2D eigenvalue weighted by atomic mass is 10.1. The number of rotatable bonds is 6. The number of carbonyl (C=O) groups is 1. The SMILES string of the molecule is CC(C)[C@H](NS(=O)(=O)c1ccc(-c2ccc(Cl)cc2)cc1)C(=O)OC(C)(C)C. The summed E-state index contributed by atoms with van der Waals surface area (Å²) in [6.07, 6.45) is 0. The Morgan fingerprint density at radius 1 is 0.964 bits per heavy atom. The molecule has 0 radical (unpaired) electrons. The van der Waals surface area contributed by atoms with Crippen LogP contribution in [0.2, 0.25) is 5.02 Å². The Bertz CT molecular complexity index is 914. The van der Waals surface area contributed by atoms with E-state index >= 15 is 0 Å². The van der Waals surface area contributed by atoms with Crippen LogP contribution in [-0.2, 0) is 19.6 Å². The number of halogens is 1. The first kappa shape index (κ1) is 22.4. The fourth-order valence-electron chi connectivity index (χ4n) is 2.53. The average Bonchev–Trinajstić information content (AvgIpc) is 2.59. The number of sulfonamides is 1. The van der Waals surface area contributed by atoms with E-state index in [-0.39, 0.29) is 10.8 Å². The number of hydrogen-bond acceptors (Lipinski definition) is 4. The molecular formula is C21H26ClNO4S. The maximum Gasteiger partial charge on any atom is 0.324 e. The molecular weight excluding hydrogens is 398 g/mol. The Labute approximate surface area is 172 Å². The number of ether oxygens (including phenoxy) is 1. The zero-order valence-electron chi connectivity index (χ0n) is 16.7. The van der Waals surface area contributed by atoms with Gasteiger partial charge in [-0.05, 0) is 62.1 Å². The summed E-state index contributed by atoms with van der Waals surface area (Å²) in [6, 6.07) is 12.8. The van der Waals surface area contributed by atoms with E-state index in [4.69, 9.17) is 16.3 Å². The third-order valence-electron chi connectivity index (χ3n) is 3.95. The predicted molar refractivity (Wildman–Crippen MR) is 112 cm³/mol. The van der Waals surface area contributed by atoms with Crippen molar-refractivity contribution in [2.45, 2.75) is 51.2 Å². The van der Waals surface area contributed by atoms with Crippen LogP contribution in [0.3, 0.4) is 0 Å². The molecule has 2 aromatic carbocycles. The van der Waals surface area contributed by atoms with E-state index in [0.29, 0.717) is 5.02 Å². The summed E-state index contributed by atoms with van der Waals surface area (Å²) in [5.41, 5.74) is 1.09. The van der Waals surface area contributed by atoms with Gasteiger partial charge in [0.1, 0.15) is 11.6 Å². The molecule has 28 heavy (non-hydrogen) atoms. The van der Waals surface area contributed by atoms with E-state index in [1.165, 1.54) is 12.1 Å². The average molecular weight is 424 g/mol. The van der Waals surface area contributed by atoms with Crippen molar-refractivity contribution >= 4 is 27.6 Å². The summed E-state index contributed by atoms with van der Waals surface area (Å²) in [4.78, 5) is 12.5. The number of benzene rings is 2. The van der Waals surface area contributed by atoms with E-state index < -0.39 is 27.6 Å². The van der Waals surface area contributed by atoms with Crippen LogP contribution in [0, 0.1) is 5.92 Å². The van der Waals surface area contributed by atoms with Crippen LogP contribution < -0.4 is 4.72 Å². The summed E-state index contributed by atoms with van der Waals surface area (Å²) in [5.74, 6) is -0.859. The van der Waals surface area contributed by atoms with Gasteiger partial charge in [0.05, 0.1) is 4.90 Å². The number of esters is 1. The van der Waals surface area contributed by atoms with Crippen molar-refractivity contribution in [3.63, 3.8) is 0 Å². The largest absolute Gasteiger partial charge is 0.459 e. The van der Waals surface area contributed by atoms with Gasteiger partial charge in [-0.1, -0.05) is 49.7 Å². The van der Waals surface area contributed by atoms with Gasteiger partial charge in [0.25, 0.3) is 0 Å². The molecule has 0 amide bonds. The molecule has 0 unspecified atom stereocenters. The first-order valence-electron chi connectivity index (χ1n) is 9.00. The van der Waals surface area contributed by atoms with Gasteiger partial charge in [0.2, 0.25) is 10.0 Å². The minimum Gasteiger partial charge on any atom is -0.459 e. The van der Waals surface area contributed by atoms with Crippen LogP contribution >= 0.6 is 11.6 Å². The number of nitrogens with one attached hydrogen (secondary N) is 1. The standard InChI is InChI=1S/C21H26ClNO4S/c1-14(2)19(20(24)27-21(3,4)5)23-28(25,26)18-12-8-16(9-13-18)15-6-10-17(22)11-7-15/h6-14,19,23H,1-5H3/t19-/m0/s1. The fraction of sp³-hybridized carbons (Fsp3) is 0.381. The van der Waals surface area contributed by atoms with Gasteiger partial charge < -0.3 is 4.74 Å². The predicted octanol–water partition coefficient (Wildman–Crippen LogP) is 4.65. The van der Waals surface area contributed by atoms with Crippen molar-refractivity contribution in [3.05, 3.63) is 53.6 Å². The Morgan fingerprint density at radius 3 is 1.86 bits per heavy atom. The smallest absolute Gasteiger partial charge is 0.324 e. The molecule has 0 saturated heterocycles. The minimum atomic E-state index is -3.88. The van der Waals surface area contributed by atoms with E-state index in [0.717, 1.165) is 11.1 Å². The molecule has 0 bridgehead atoms. The highest BCUT2D eigenvalue weighted by Gasteiger charge is 2.32. The molecule has 2 rings (SSSR count). The topological polar surface area (TPSA) is 72.5 Å². The Balaban J connectivity index is 2.22. The molecule has 0 heterocycles. The van der Waals surface area contributed by atoms with Gasteiger partial charge in [0, 0.05) is 5.02 Å². The van der Waals surface area contributed by atoms with Gasteiger partial charge in [-0.15, -0.1) is 0 Å². The molecule has 5 nitrogen and oxygen atoms in total. The van der Waals surface area contributed by atoms with Crippen molar-refractivity contribution in [1.82, 2.24) is 4.72 Å². The number of hydrogen-bond donors (Lipinski definition) is 1. The van der Waals surface area contributed by atoms with Gasteiger partial charge in [0.15, 0.2) is 0 Å². The van der Waals surface area contributed by atoms with Crippen LogP contribution in [0.15, 0.2) is 53.4 Å².